The molecule has 0 fully saturated rings. The quantitative estimate of drug-likeness (QED) is 0.572. The standard InChI is InChI=1S/C15H13FN4O2S/c1-2-22-14(21)12-13-10(6-7-23-13)19-15(20-12)17-8-9-4-3-5-11(16)18-9/h3-7H,2,8H2,1H3,(H,17,19,20). The number of hydrogen-bond acceptors (Lipinski definition) is 7. The molecule has 0 unspecified atom stereocenters. The third-order valence-corrected chi connectivity index (χ3v) is 3.88. The van der Waals surface area contributed by atoms with E-state index in [4.69, 9.17) is 4.74 Å². The van der Waals surface area contributed by atoms with E-state index < -0.39 is 11.9 Å². The van der Waals surface area contributed by atoms with Gasteiger partial charge in [-0.2, -0.15) is 4.39 Å². The summed E-state index contributed by atoms with van der Waals surface area (Å²) in [6.07, 6.45) is 0. The Morgan fingerprint density at radius 3 is 2.96 bits per heavy atom. The van der Waals surface area contributed by atoms with E-state index in [-0.39, 0.29) is 24.8 Å². The van der Waals surface area contributed by atoms with Gasteiger partial charge in [0.05, 0.1) is 29.1 Å². The lowest BCUT2D eigenvalue weighted by Gasteiger charge is -2.07. The second-order valence-corrected chi connectivity index (χ2v) is 5.47. The zero-order valence-electron chi connectivity index (χ0n) is 12.2. The van der Waals surface area contributed by atoms with Crippen molar-refractivity contribution in [2.24, 2.45) is 0 Å². The molecule has 0 aliphatic heterocycles. The highest BCUT2D eigenvalue weighted by Crippen LogP contribution is 2.24. The molecule has 0 saturated carbocycles. The summed E-state index contributed by atoms with van der Waals surface area (Å²) in [5, 5.41) is 4.79. The molecule has 0 aliphatic rings. The first kappa shape index (κ1) is 15.3. The second kappa shape index (κ2) is 6.66. The number of rotatable bonds is 5. The molecule has 3 aromatic rings. The normalized spacial score (nSPS) is 10.7. The number of thiophene rings is 1. The number of halogens is 1. The van der Waals surface area contributed by atoms with Crippen LogP contribution < -0.4 is 5.32 Å². The fourth-order valence-electron chi connectivity index (χ4n) is 2.00. The lowest BCUT2D eigenvalue weighted by atomic mass is 10.3. The summed E-state index contributed by atoms with van der Waals surface area (Å²) >= 11 is 1.38. The van der Waals surface area contributed by atoms with Crippen LogP contribution in [0.4, 0.5) is 10.3 Å². The van der Waals surface area contributed by atoms with Gasteiger partial charge >= 0.3 is 5.97 Å². The Kier molecular flexibility index (Phi) is 4.42. The molecule has 0 radical (unpaired) electrons. The molecular weight excluding hydrogens is 319 g/mol. The highest BCUT2D eigenvalue weighted by molar-refractivity contribution is 7.17. The average Bonchev–Trinajstić information content (AvgIpc) is 3.01. The van der Waals surface area contributed by atoms with Crippen LogP contribution in [-0.2, 0) is 11.3 Å². The van der Waals surface area contributed by atoms with Crippen LogP contribution in [0.1, 0.15) is 23.1 Å². The summed E-state index contributed by atoms with van der Waals surface area (Å²) < 4.78 is 18.8. The molecule has 23 heavy (non-hydrogen) atoms. The summed E-state index contributed by atoms with van der Waals surface area (Å²) in [4.78, 5) is 24.3. The minimum absolute atomic E-state index is 0.224. The highest BCUT2D eigenvalue weighted by atomic mass is 32.1. The lowest BCUT2D eigenvalue weighted by molar-refractivity contribution is 0.0522. The second-order valence-electron chi connectivity index (χ2n) is 4.56. The van der Waals surface area contributed by atoms with E-state index in [2.05, 4.69) is 20.3 Å². The van der Waals surface area contributed by atoms with Crippen molar-refractivity contribution in [1.29, 1.82) is 0 Å². The van der Waals surface area contributed by atoms with Gasteiger partial charge in [0.25, 0.3) is 0 Å². The first-order valence-corrected chi connectivity index (χ1v) is 7.83. The van der Waals surface area contributed by atoms with Gasteiger partial charge in [0, 0.05) is 0 Å². The Hall–Kier alpha value is -2.61. The number of hydrogen-bond donors (Lipinski definition) is 1. The molecule has 0 aliphatic carbocycles. The molecule has 0 aromatic carbocycles. The van der Waals surface area contributed by atoms with Gasteiger partial charge in [-0.15, -0.1) is 11.3 Å². The summed E-state index contributed by atoms with van der Waals surface area (Å²) in [7, 11) is 0. The zero-order chi connectivity index (χ0) is 16.2. The maximum Gasteiger partial charge on any atom is 0.358 e. The van der Waals surface area contributed by atoms with Crippen LogP contribution in [0, 0.1) is 5.95 Å². The van der Waals surface area contributed by atoms with E-state index in [0.29, 0.717) is 15.9 Å². The smallest absolute Gasteiger partial charge is 0.358 e. The Balaban J connectivity index is 1.87. The first-order valence-electron chi connectivity index (χ1n) is 6.95. The molecule has 118 valence electrons. The van der Waals surface area contributed by atoms with Crippen LogP contribution in [0.3, 0.4) is 0 Å². The SMILES string of the molecule is CCOC(=O)c1nc(NCc2cccc(F)n2)nc2ccsc12. The molecule has 1 N–H and O–H groups in total. The van der Waals surface area contributed by atoms with Crippen molar-refractivity contribution in [2.45, 2.75) is 13.5 Å². The van der Waals surface area contributed by atoms with E-state index in [1.165, 1.54) is 17.4 Å². The first-order chi connectivity index (χ1) is 11.2. The zero-order valence-corrected chi connectivity index (χ0v) is 13.1. The number of pyridine rings is 1. The van der Waals surface area contributed by atoms with Crippen LogP contribution in [0.5, 0.6) is 0 Å². The van der Waals surface area contributed by atoms with Gasteiger partial charge in [0.2, 0.25) is 11.9 Å². The summed E-state index contributed by atoms with van der Waals surface area (Å²) in [5.74, 6) is -0.773. The number of esters is 1. The van der Waals surface area contributed by atoms with Gasteiger partial charge in [-0.05, 0) is 30.5 Å². The van der Waals surface area contributed by atoms with E-state index in [1.54, 1.807) is 25.1 Å². The fraction of sp³-hybridized carbons (Fsp3) is 0.200. The molecule has 0 saturated heterocycles. The number of aromatic nitrogens is 3. The predicted molar refractivity (Wildman–Crippen MR) is 84.9 cm³/mol. The Morgan fingerprint density at radius 2 is 2.17 bits per heavy atom. The average molecular weight is 332 g/mol. The van der Waals surface area contributed by atoms with Crippen molar-refractivity contribution in [3.8, 4) is 0 Å². The fourth-order valence-corrected chi connectivity index (χ4v) is 2.81. The Morgan fingerprint density at radius 1 is 1.30 bits per heavy atom. The number of ether oxygens (including phenoxy) is 1. The van der Waals surface area contributed by atoms with E-state index in [1.807, 2.05) is 5.38 Å². The van der Waals surface area contributed by atoms with Gasteiger partial charge in [0.15, 0.2) is 5.69 Å². The van der Waals surface area contributed by atoms with Gasteiger partial charge in [-0.3, -0.25) is 0 Å². The molecule has 3 heterocycles. The molecule has 8 heteroatoms. The number of nitrogens with one attached hydrogen (secondary N) is 1. The largest absolute Gasteiger partial charge is 0.461 e. The van der Waals surface area contributed by atoms with Crippen molar-refractivity contribution >= 4 is 33.5 Å². The van der Waals surface area contributed by atoms with Crippen LogP contribution in [0.2, 0.25) is 0 Å². The van der Waals surface area contributed by atoms with Crippen molar-refractivity contribution < 1.29 is 13.9 Å². The molecule has 3 aromatic heterocycles. The predicted octanol–water partition coefficient (Wildman–Crippen LogP) is 3.01. The third-order valence-electron chi connectivity index (χ3n) is 2.97. The van der Waals surface area contributed by atoms with Crippen LogP contribution in [-0.4, -0.2) is 27.5 Å². The van der Waals surface area contributed by atoms with Gasteiger partial charge < -0.3 is 10.1 Å². The molecule has 3 rings (SSSR count). The molecular formula is C15H13FN4O2S. The third kappa shape index (κ3) is 3.42. The number of anilines is 1. The van der Waals surface area contributed by atoms with Crippen molar-refractivity contribution in [1.82, 2.24) is 15.0 Å². The maximum atomic E-state index is 13.1. The molecule has 6 nitrogen and oxygen atoms in total. The number of carbonyl (C=O) groups is 1. The van der Waals surface area contributed by atoms with Crippen molar-refractivity contribution in [2.75, 3.05) is 11.9 Å². The molecule has 0 amide bonds. The monoisotopic (exact) mass is 332 g/mol. The minimum Gasteiger partial charge on any atom is -0.461 e. The number of fused-ring (bicyclic) bond motifs is 1. The highest BCUT2D eigenvalue weighted by Gasteiger charge is 2.17. The van der Waals surface area contributed by atoms with Crippen molar-refractivity contribution in [3.05, 3.63) is 47.0 Å². The Labute approximate surface area is 135 Å². The van der Waals surface area contributed by atoms with Crippen molar-refractivity contribution in [3.63, 3.8) is 0 Å². The van der Waals surface area contributed by atoms with Crippen LogP contribution in [0.15, 0.2) is 29.6 Å². The molecule has 0 spiro atoms. The van der Waals surface area contributed by atoms with Gasteiger partial charge in [0.1, 0.15) is 0 Å². The summed E-state index contributed by atoms with van der Waals surface area (Å²) in [6, 6.07) is 6.34. The van der Waals surface area contributed by atoms with Crippen LogP contribution in [0.25, 0.3) is 10.2 Å². The topological polar surface area (TPSA) is 77.0 Å². The van der Waals surface area contributed by atoms with E-state index >= 15 is 0 Å². The van der Waals surface area contributed by atoms with Gasteiger partial charge in [-0.25, -0.2) is 19.7 Å². The summed E-state index contributed by atoms with van der Waals surface area (Å²) in [6.45, 7) is 2.25. The molecule has 0 atom stereocenters. The minimum atomic E-state index is -0.550. The lowest BCUT2D eigenvalue weighted by Crippen LogP contribution is -2.11. The summed E-state index contributed by atoms with van der Waals surface area (Å²) in [5.41, 5.74) is 1.39. The van der Waals surface area contributed by atoms with E-state index in [9.17, 15) is 9.18 Å². The number of nitrogens with zero attached hydrogens (tertiary/aromatic N) is 3. The van der Waals surface area contributed by atoms with Crippen LogP contribution >= 0.6 is 11.3 Å². The van der Waals surface area contributed by atoms with E-state index in [0.717, 1.165) is 0 Å². The van der Waals surface area contributed by atoms with Gasteiger partial charge in [-0.1, -0.05) is 6.07 Å². The number of carbonyl (C=O) groups excluding carboxylic acids is 1. The maximum absolute atomic E-state index is 13.1. The Bertz CT molecular complexity index is 852. The molecule has 0 bridgehead atoms.